The minimum Gasteiger partial charge on any atom is -0.278 e. The van der Waals surface area contributed by atoms with Crippen LogP contribution in [0.5, 0.6) is 0 Å². The molecule has 0 amide bonds. The number of rotatable bonds is 0. The largest absolute Gasteiger partial charge is 0.278 e. The fraction of sp³-hybridized carbons (Fsp3) is 0. The fourth-order valence-electron chi connectivity index (χ4n) is 0.729. The van der Waals surface area contributed by atoms with E-state index in [1.165, 1.54) is 5.22 Å². The van der Waals surface area contributed by atoms with E-state index in [1.54, 1.807) is 0 Å². The highest BCUT2D eigenvalue weighted by Crippen LogP contribution is 1.96. The van der Waals surface area contributed by atoms with E-state index < -0.39 is 0 Å². The average molecular weight is 232 g/mol. The molecule has 0 saturated carbocycles. The molecule has 2 rings (SSSR count). The molecule has 0 saturated heterocycles. The molecule has 1 aliphatic rings. The van der Waals surface area contributed by atoms with Crippen molar-refractivity contribution in [3.63, 3.8) is 0 Å². The molecule has 1 aromatic rings. The Bertz CT molecular complexity index is 315. The monoisotopic (exact) mass is 232 g/mol. The molecule has 0 atom stereocenters. The summed E-state index contributed by atoms with van der Waals surface area (Å²) in [5, 5.41) is 9.24. The summed E-state index contributed by atoms with van der Waals surface area (Å²) in [5.74, 6) is 0. The zero-order valence-electron chi connectivity index (χ0n) is 4.63. The minimum absolute atomic E-state index is 0.186. The average Bonchev–Trinajstić information content (AvgIpc) is 2.33. The fourth-order valence-corrected chi connectivity index (χ4v) is 2.39. The van der Waals surface area contributed by atoms with Crippen molar-refractivity contribution in [2.75, 3.05) is 0 Å². The van der Waals surface area contributed by atoms with Gasteiger partial charge in [0, 0.05) is 5.22 Å². The van der Waals surface area contributed by atoms with Gasteiger partial charge in [-0.05, 0) is 14.2 Å². The van der Waals surface area contributed by atoms with E-state index in [4.69, 9.17) is 0 Å². The lowest BCUT2D eigenvalue weighted by Gasteiger charge is -1.80. The van der Waals surface area contributed by atoms with Crippen LogP contribution in [0, 0.1) is 0 Å². The number of nitrogens with one attached hydrogen (secondary N) is 1. The molecule has 3 heteroatoms. The summed E-state index contributed by atoms with van der Waals surface area (Å²) in [7, 11) is 0. The van der Waals surface area contributed by atoms with Crippen molar-refractivity contribution in [3.05, 3.63) is 16.8 Å². The second-order valence-corrected chi connectivity index (χ2v) is 3.83. The van der Waals surface area contributed by atoms with E-state index >= 15 is 0 Å². The first-order chi connectivity index (χ1) is 4.47. The number of aromatic nitrogens is 2. The summed E-state index contributed by atoms with van der Waals surface area (Å²) in [5.41, 5.74) is 0. The molecule has 9 heavy (non-hydrogen) atoms. The van der Waals surface area contributed by atoms with Gasteiger partial charge in [-0.25, -0.2) is 0 Å². The number of hydrogen-bond acceptors (Lipinski definition) is 1. The molecule has 0 fully saturated rings. The van der Waals surface area contributed by atoms with Crippen LogP contribution in [0.2, 0.25) is 0 Å². The molecular formula is C6H5IN2. The van der Waals surface area contributed by atoms with E-state index in [1.807, 2.05) is 6.20 Å². The third kappa shape index (κ3) is 0.849. The molecule has 0 bridgehead atoms. The predicted molar refractivity (Wildman–Crippen MR) is 46.9 cm³/mol. The first-order valence-corrected chi connectivity index (χ1v) is 5.11. The Balaban J connectivity index is 2.99. The lowest BCUT2D eigenvalue weighted by molar-refractivity contribution is 1.06. The van der Waals surface area contributed by atoms with Gasteiger partial charge in [-0.15, -0.1) is 0 Å². The Hall–Kier alpha value is -0.450. The van der Waals surface area contributed by atoms with Crippen LogP contribution in [0.1, 0.15) is 0 Å². The zero-order chi connectivity index (χ0) is 6.10. The van der Waals surface area contributed by atoms with Crippen molar-refractivity contribution >= 4 is 34.9 Å². The van der Waals surface area contributed by atoms with E-state index in [0.717, 1.165) is 5.35 Å². The molecule has 1 aliphatic heterocycles. The number of H-pyrrole nitrogens is 1. The maximum absolute atomic E-state index is 3.91. The van der Waals surface area contributed by atoms with Crippen LogP contribution in [-0.2, 0) is 0 Å². The second kappa shape index (κ2) is 2.06. The van der Waals surface area contributed by atoms with Gasteiger partial charge >= 0.3 is 0 Å². The quantitative estimate of drug-likeness (QED) is 0.612. The van der Waals surface area contributed by atoms with Gasteiger partial charge in [0.15, 0.2) is 0 Å². The van der Waals surface area contributed by atoms with Gasteiger partial charge < -0.3 is 0 Å². The molecule has 0 spiro atoms. The molecule has 2 nitrogen and oxygen atoms in total. The Morgan fingerprint density at radius 3 is 3.44 bits per heavy atom. The summed E-state index contributed by atoms with van der Waals surface area (Å²) >= 11 is 0.186. The highest BCUT2D eigenvalue weighted by Gasteiger charge is 1.86. The first-order valence-electron chi connectivity index (χ1n) is 2.62. The van der Waals surface area contributed by atoms with Crippen LogP contribution >= 0.6 is 20.7 Å². The lowest BCUT2D eigenvalue weighted by Crippen LogP contribution is -2.22. The molecule has 0 aliphatic carbocycles. The van der Waals surface area contributed by atoms with Crippen LogP contribution in [0.25, 0.3) is 10.2 Å². The first kappa shape index (κ1) is 5.34. The van der Waals surface area contributed by atoms with Crippen molar-refractivity contribution in [2.24, 2.45) is 0 Å². The zero-order valence-corrected chi connectivity index (χ0v) is 6.79. The molecule has 1 aromatic heterocycles. The van der Waals surface area contributed by atoms with Crippen LogP contribution < -0.4 is 10.6 Å². The van der Waals surface area contributed by atoms with Gasteiger partial charge in [-0.2, -0.15) is 5.10 Å². The molecule has 46 valence electrons. The van der Waals surface area contributed by atoms with Gasteiger partial charge in [-0.1, -0.05) is 20.7 Å². The Labute approximate surface area is 62.0 Å². The van der Waals surface area contributed by atoms with Gasteiger partial charge in [-0.3, -0.25) is 5.10 Å². The van der Waals surface area contributed by atoms with Crippen molar-refractivity contribution in [3.8, 4) is 0 Å². The Kier molecular flexibility index (Phi) is 1.22. The SMILES string of the molecule is C1=IC=c2cn[nH]c2=C1. The van der Waals surface area contributed by atoms with Gasteiger partial charge in [0.2, 0.25) is 0 Å². The predicted octanol–water partition coefficient (Wildman–Crippen LogP) is -0.285. The highest BCUT2D eigenvalue weighted by atomic mass is 127. The summed E-state index contributed by atoms with van der Waals surface area (Å²) in [6.07, 6.45) is 3.98. The Morgan fingerprint density at radius 2 is 2.56 bits per heavy atom. The van der Waals surface area contributed by atoms with Crippen molar-refractivity contribution in [1.29, 1.82) is 0 Å². The van der Waals surface area contributed by atoms with Crippen molar-refractivity contribution in [1.82, 2.24) is 10.2 Å². The summed E-state index contributed by atoms with van der Waals surface area (Å²) in [6, 6.07) is 0. The Morgan fingerprint density at radius 1 is 1.56 bits per heavy atom. The highest BCUT2D eigenvalue weighted by molar-refractivity contribution is 14.2. The van der Waals surface area contributed by atoms with E-state index in [2.05, 4.69) is 24.4 Å². The summed E-state index contributed by atoms with van der Waals surface area (Å²) in [4.78, 5) is 0. The van der Waals surface area contributed by atoms with Crippen molar-refractivity contribution in [2.45, 2.75) is 0 Å². The molecule has 2 heterocycles. The molecule has 1 N–H and O–H groups in total. The maximum Gasteiger partial charge on any atom is 0.0659 e. The minimum atomic E-state index is 0.186. The van der Waals surface area contributed by atoms with Gasteiger partial charge in [0.1, 0.15) is 0 Å². The third-order valence-corrected chi connectivity index (χ3v) is 2.99. The smallest absolute Gasteiger partial charge is 0.0659 e. The number of nitrogens with zero attached hydrogens (tertiary/aromatic N) is 1. The molecule has 0 radical (unpaired) electrons. The van der Waals surface area contributed by atoms with Crippen LogP contribution in [0.3, 0.4) is 0 Å². The second-order valence-electron chi connectivity index (χ2n) is 1.77. The third-order valence-electron chi connectivity index (χ3n) is 1.18. The molecule has 0 unspecified atom stereocenters. The standard InChI is InChI=1S/C6H5IN2/c1-2-7-3-5-4-8-9-6(1)5/h1-4H,(H,8,9). The van der Waals surface area contributed by atoms with E-state index in [9.17, 15) is 0 Å². The lowest BCUT2D eigenvalue weighted by atomic mass is 10.4. The van der Waals surface area contributed by atoms with Gasteiger partial charge in [0.25, 0.3) is 0 Å². The summed E-state index contributed by atoms with van der Waals surface area (Å²) in [6.45, 7) is 0. The normalized spacial score (nSPS) is 14.7. The number of halogens is 1. The molecule has 0 aromatic carbocycles. The molecular weight excluding hydrogens is 227 g/mol. The van der Waals surface area contributed by atoms with Crippen LogP contribution in [0.15, 0.2) is 6.20 Å². The topological polar surface area (TPSA) is 28.7 Å². The van der Waals surface area contributed by atoms with Gasteiger partial charge in [0.05, 0.1) is 11.5 Å². The van der Waals surface area contributed by atoms with Crippen LogP contribution in [0.4, 0.5) is 0 Å². The number of aromatic amines is 1. The number of fused-ring (bicyclic) bond motifs is 1. The van der Waals surface area contributed by atoms with Crippen molar-refractivity contribution < 1.29 is 0 Å². The summed E-state index contributed by atoms with van der Waals surface area (Å²) < 4.78 is 4.48. The van der Waals surface area contributed by atoms with E-state index in [0.29, 0.717) is 0 Å². The number of hydrogen-bond donors (Lipinski definition) is 1. The van der Waals surface area contributed by atoms with Crippen LogP contribution in [-0.4, -0.2) is 14.2 Å². The van der Waals surface area contributed by atoms with E-state index in [-0.39, 0.29) is 20.7 Å². The maximum atomic E-state index is 3.91.